The van der Waals surface area contributed by atoms with Crippen molar-refractivity contribution in [2.24, 2.45) is 5.73 Å². The van der Waals surface area contributed by atoms with Gasteiger partial charge < -0.3 is 14.6 Å². The summed E-state index contributed by atoms with van der Waals surface area (Å²) in [5.74, 6) is 0. The highest BCUT2D eigenvalue weighted by molar-refractivity contribution is 7.36. The Bertz CT molecular complexity index is 175. The molecule has 15 heavy (non-hydrogen) atoms. The molecule has 0 aliphatic rings. The third-order valence-electron chi connectivity index (χ3n) is 2.49. The molecule has 0 heterocycles. The molecule has 0 aromatic carbocycles. The Morgan fingerprint density at radius 2 is 1.47 bits per heavy atom. The highest BCUT2D eigenvalue weighted by atomic mass is 29.3. The molecule has 0 bridgehead atoms. The van der Waals surface area contributed by atoms with Crippen LogP contribution in [0.2, 0.25) is 25.7 Å². The van der Waals surface area contributed by atoms with Gasteiger partial charge >= 0.3 is 8.08 Å². The van der Waals surface area contributed by atoms with E-state index < -0.39 is 15.7 Å². The highest BCUT2D eigenvalue weighted by Gasteiger charge is 2.50. The lowest BCUT2D eigenvalue weighted by Crippen LogP contribution is -2.63. The second-order valence-electron chi connectivity index (χ2n) is 5.05. The molecule has 0 rings (SSSR count). The zero-order chi connectivity index (χ0) is 12.1. The van der Waals surface area contributed by atoms with Crippen LogP contribution in [0.3, 0.4) is 0 Å². The normalized spacial score (nSPS) is 15.4. The summed E-state index contributed by atoms with van der Waals surface area (Å²) < 4.78 is 12.1. The average Bonchev–Trinajstić information content (AvgIpc) is 2.01. The molecule has 1 unspecified atom stereocenters. The van der Waals surface area contributed by atoms with Crippen molar-refractivity contribution in [3.8, 4) is 0 Å². The van der Waals surface area contributed by atoms with Crippen LogP contribution < -0.4 is 5.73 Å². The molecule has 0 aliphatic heterocycles. The van der Waals surface area contributed by atoms with Crippen LogP contribution in [-0.2, 0) is 8.85 Å². The van der Waals surface area contributed by atoms with Crippen LogP contribution in [-0.4, -0.2) is 34.9 Å². The smallest absolute Gasteiger partial charge is 0.317 e. The van der Waals surface area contributed by atoms with Gasteiger partial charge in [-0.2, -0.15) is 0 Å². The largest absolute Gasteiger partial charge is 0.397 e. The first-order valence-corrected chi connectivity index (χ1v) is 12.3. The van der Waals surface area contributed by atoms with E-state index in [1.54, 1.807) is 0 Å². The Labute approximate surface area is 96.4 Å². The second-order valence-corrected chi connectivity index (χ2v) is 18.8. The van der Waals surface area contributed by atoms with Gasteiger partial charge in [0.25, 0.3) is 0 Å². The first-order chi connectivity index (χ1) is 6.79. The van der Waals surface area contributed by atoms with Gasteiger partial charge in [0.2, 0.25) is 0 Å². The van der Waals surface area contributed by atoms with Crippen LogP contribution in [0.5, 0.6) is 0 Å². The van der Waals surface area contributed by atoms with Crippen LogP contribution in [0.4, 0.5) is 0 Å². The van der Waals surface area contributed by atoms with E-state index in [-0.39, 0.29) is 6.04 Å². The van der Waals surface area contributed by atoms with E-state index in [0.717, 1.165) is 19.3 Å². The summed E-state index contributed by atoms with van der Waals surface area (Å²) >= 11 is 0. The Morgan fingerprint density at radius 3 is 1.67 bits per heavy atom. The van der Waals surface area contributed by atoms with Crippen molar-refractivity contribution in [3.63, 3.8) is 0 Å². The minimum Gasteiger partial charge on any atom is -0.397 e. The van der Waals surface area contributed by atoms with Gasteiger partial charge in [0.15, 0.2) is 0 Å². The van der Waals surface area contributed by atoms with Crippen LogP contribution in [0, 0.1) is 0 Å². The molecule has 0 fully saturated rings. The quantitative estimate of drug-likeness (QED) is 0.704. The van der Waals surface area contributed by atoms with E-state index in [2.05, 4.69) is 19.6 Å². The summed E-state index contributed by atoms with van der Waals surface area (Å²) in [4.78, 5) is 0. The van der Waals surface area contributed by atoms with Crippen molar-refractivity contribution >= 4 is 15.7 Å². The Morgan fingerprint density at radius 1 is 1.07 bits per heavy atom. The first kappa shape index (κ1) is 15.3. The van der Waals surface area contributed by atoms with E-state index in [9.17, 15) is 0 Å². The minimum absolute atomic E-state index is 0.168. The van der Waals surface area contributed by atoms with E-state index >= 15 is 0 Å². The van der Waals surface area contributed by atoms with Crippen molar-refractivity contribution < 1.29 is 8.85 Å². The molecule has 2 N–H and O–H groups in total. The fourth-order valence-electron chi connectivity index (χ4n) is 1.79. The fourth-order valence-corrected chi connectivity index (χ4v) is 11.6. The molecule has 0 amide bonds. The Kier molecular flexibility index (Phi) is 6.28. The van der Waals surface area contributed by atoms with Crippen molar-refractivity contribution in [1.29, 1.82) is 0 Å². The molecule has 5 heteroatoms. The molecular formula is C10H27NO2Si2. The number of hydrogen-bond acceptors (Lipinski definition) is 3. The maximum absolute atomic E-state index is 6.04. The molecule has 0 spiro atoms. The van der Waals surface area contributed by atoms with Crippen molar-refractivity contribution in [1.82, 2.24) is 0 Å². The molecule has 0 saturated carbocycles. The molecule has 92 valence electrons. The lowest BCUT2D eigenvalue weighted by molar-refractivity contribution is 0.198. The van der Waals surface area contributed by atoms with Gasteiger partial charge in [0.1, 0.15) is 7.59 Å². The van der Waals surface area contributed by atoms with E-state index in [1.165, 1.54) is 0 Å². The summed E-state index contributed by atoms with van der Waals surface area (Å²) in [6, 6.07) is 1.09. The van der Waals surface area contributed by atoms with E-state index in [0.29, 0.717) is 0 Å². The third-order valence-corrected chi connectivity index (χ3v) is 15.8. The number of rotatable bonds is 7. The van der Waals surface area contributed by atoms with Crippen LogP contribution in [0.1, 0.15) is 20.8 Å². The van der Waals surface area contributed by atoms with Gasteiger partial charge in [-0.05, 0) is 13.8 Å². The first-order valence-electron chi connectivity index (χ1n) is 5.82. The molecule has 0 aromatic rings. The lowest BCUT2D eigenvalue weighted by atomic mass is 10.4. The highest BCUT2D eigenvalue weighted by Crippen LogP contribution is 2.27. The van der Waals surface area contributed by atoms with Crippen molar-refractivity contribution in [2.45, 2.75) is 52.5 Å². The summed E-state index contributed by atoms with van der Waals surface area (Å²) in [7, 11) is -3.47. The van der Waals surface area contributed by atoms with Crippen LogP contribution >= 0.6 is 0 Å². The topological polar surface area (TPSA) is 44.5 Å². The molecule has 0 aliphatic carbocycles. The summed E-state index contributed by atoms with van der Waals surface area (Å²) in [6.07, 6.45) is 0. The van der Waals surface area contributed by atoms with Crippen LogP contribution in [0.15, 0.2) is 0 Å². The van der Waals surface area contributed by atoms with Crippen molar-refractivity contribution in [2.75, 3.05) is 13.2 Å². The van der Waals surface area contributed by atoms with Gasteiger partial charge in [-0.15, -0.1) is 0 Å². The van der Waals surface area contributed by atoms with Gasteiger partial charge in [0.05, 0.1) is 0 Å². The van der Waals surface area contributed by atoms with Gasteiger partial charge in [-0.1, -0.05) is 26.6 Å². The van der Waals surface area contributed by atoms with E-state index in [4.69, 9.17) is 14.6 Å². The zero-order valence-electron chi connectivity index (χ0n) is 11.1. The summed E-state index contributed by atoms with van der Waals surface area (Å²) in [5, 5.41) is 0. The minimum atomic E-state index is -2.05. The maximum atomic E-state index is 6.04. The fraction of sp³-hybridized carbons (Fsp3) is 1.00. The molecule has 0 aromatic heterocycles. The van der Waals surface area contributed by atoms with Gasteiger partial charge in [-0.25, -0.2) is 0 Å². The molecule has 0 radical (unpaired) electrons. The number of nitrogens with two attached hydrogens (primary N) is 1. The second kappa shape index (κ2) is 6.15. The monoisotopic (exact) mass is 249 g/mol. The van der Waals surface area contributed by atoms with E-state index in [1.807, 2.05) is 20.8 Å². The summed E-state index contributed by atoms with van der Waals surface area (Å²) in [6.45, 7) is 14.6. The summed E-state index contributed by atoms with van der Waals surface area (Å²) in [5.41, 5.74) is 5.93. The lowest BCUT2D eigenvalue weighted by Gasteiger charge is -2.40. The van der Waals surface area contributed by atoms with Crippen LogP contribution in [0.25, 0.3) is 0 Å². The van der Waals surface area contributed by atoms with Gasteiger partial charge in [0, 0.05) is 25.3 Å². The van der Waals surface area contributed by atoms with Crippen molar-refractivity contribution in [3.05, 3.63) is 0 Å². The standard InChI is InChI=1S/C10H27NO2Si2/c1-7-12-15(13-8-2,9-10(3)11)14(4,5)6/h10H,7-9,11H2,1-6H3. The molecule has 0 saturated heterocycles. The molecular weight excluding hydrogens is 222 g/mol. The average molecular weight is 250 g/mol. The number of hydrogen-bond donors (Lipinski definition) is 1. The zero-order valence-corrected chi connectivity index (χ0v) is 13.1. The van der Waals surface area contributed by atoms with Gasteiger partial charge in [-0.3, -0.25) is 0 Å². The molecule has 1 atom stereocenters. The third kappa shape index (κ3) is 4.36. The molecule has 3 nitrogen and oxygen atoms in total. The maximum Gasteiger partial charge on any atom is 0.317 e. The Hall–Kier alpha value is 0.314. The predicted molar refractivity (Wildman–Crippen MR) is 70.8 cm³/mol. The SMILES string of the molecule is CCO[Si](CC(C)N)(OCC)[Si](C)(C)C. The predicted octanol–water partition coefficient (Wildman–Crippen LogP) is 2.27. The Balaban J connectivity index is 4.89.